The number of esters is 1. The predicted molar refractivity (Wildman–Crippen MR) is 46.8 cm³/mol. The first kappa shape index (κ1) is 8.59. The minimum Gasteiger partial charge on any atom is -0.464 e. The molecule has 0 saturated heterocycles. The fourth-order valence-electron chi connectivity index (χ4n) is 1.04. The van der Waals surface area contributed by atoms with Crippen LogP contribution in [0.3, 0.4) is 0 Å². The predicted octanol–water partition coefficient (Wildman–Crippen LogP) is 1.45. The van der Waals surface area contributed by atoms with Gasteiger partial charge in [0.05, 0.1) is 7.11 Å². The van der Waals surface area contributed by atoms with Crippen LogP contribution in [0.2, 0.25) is 0 Å². The number of carbonyl (C=O) groups is 1. The molecule has 3 heteroatoms. The number of methoxy groups -OCH3 is 1. The van der Waals surface area contributed by atoms with Crippen molar-refractivity contribution in [2.75, 3.05) is 7.11 Å². The fourth-order valence-corrected chi connectivity index (χ4v) is 1.04. The van der Waals surface area contributed by atoms with Crippen molar-refractivity contribution in [1.82, 2.24) is 4.57 Å². The maximum absolute atomic E-state index is 11.1. The van der Waals surface area contributed by atoms with Crippen molar-refractivity contribution < 1.29 is 9.53 Å². The number of carbonyl (C=O) groups excluding carboxylic acids is 1. The van der Waals surface area contributed by atoms with E-state index in [9.17, 15) is 4.79 Å². The van der Waals surface area contributed by atoms with Gasteiger partial charge in [-0.25, -0.2) is 4.79 Å². The van der Waals surface area contributed by atoms with Crippen LogP contribution in [0, 0.1) is 0 Å². The standard InChI is InChI=1S/C9H11NO2/c1-4-7-5-6-8(10(7)2)9(11)12-3/h4-6H,1H2,2-3H3. The molecule has 12 heavy (non-hydrogen) atoms. The van der Waals surface area contributed by atoms with Crippen LogP contribution < -0.4 is 0 Å². The Morgan fingerprint density at radius 1 is 1.67 bits per heavy atom. The molecular weight excluding hydrogens is 154 g/mol. The molecule has 0 bridgehead atoms. The molecule has 0 fully saturated rings. The van der Waals surface area contributed by atoms with Crippen molar-refractivity contribution in [3.8, 4) is 0 Å². The summed E-state index contributed by atoms with van der Waals surface area (Å²) in [5.41, 5.74) is 1.43. The summed E-state index contributed by atoms with van der Waals surface area (Å²) in [6.45, 7) is 3.62. The average Bonchev–Trinajstić information content (AvgIpc) is 2.45. The third-order valence-corrected chi connectivity index (χ3v) is 1.76. The van der Waals surface area contributed by atoms with E-state index in [1.54, 1.807) is 23.8 Å². The highest BCUT2D eigenvalue weighted by Gasteiger charge is 2.10. The van der Waals surface area contributed by atoms with Gasteiger partial charge in [0.2, 0.25) is 0 Å². The zero-order valence-corrected chi connectivity index (χ0v) is 7.20. The second-order valence-corrected chi connectivity index (χ2v) is 2.40. The maximum Gasteiger partial charge on any atom is 0.354 e. The summed E-state index contributed by atoms with van der Waals surface area (Å²) in [4.78, 5) is 11.1. The molecule has 0 aliphatic heterocycles. The lowest BCUT2D eigenvalue weighted by molar-refractivity contribution is 0.0590. The molecule has 1 rings (SSSR count). The molecule has 0 atom stereocenters. The Kier molecular flexibility index (Phi) is 2.33. The zero-order valence-electron chi connectivity index (χ0n) is 7.20. The molecule has 0 radical (unpaired) electrons. The van der Waals surface area contributed by atoms with Crippen molar-refractivity contribution in [3.05, 3.63) is 30.1 Å². The normalized spacial score (nSPS) is 9.50. The lowest BCUT2D eigenvalue weighted by atomic mass is 10.4. The van der Waals surface area contributed by atoms with Gasteiger partial charge < -0.3 is 9.30 Å². The molecule has 1 heterocycles. The first-order valence-corrected chi connectivity index (χ1v) is 3.57. The lowest BCUT2D eigenvalue weighted by Crippen LogP contribution is -2.07. The second kappa shape index (κ2) is 3.26. The highest BCUT2D eigenvalue weighted by molar-refractivity contribution is 5.88. The molecule has 0 unspecified atom stereocenters. The topological polar surface area (TPSA) is 31.2 Å². The van der Waals surface area contributed by atoms with E-state index >= 15 is 0 Å². The van der Waals surface area contributed by atoms with Crippen LogP contribution in [0.25, 0.3) is 6.08 Å². The molecule has 3 nitrogen and oxygen atoms in total. The van der Waals surface area contributed by atoms with E-state index in [1.807, 2.05) is 6.07 Å². The molecule has 0 amide bonds. The number of rotatable bonds is 2. The molecule has 0 N–H and O–H groups in total. The van der Waals surface area contributed by atoms with Crippen LogP contribution >= 0.6 is 0 Å². The van der Waals surface area contributed by atoms with E-state index in [1.165, 1.54) is 7.11 Å². The van der Waals surface area contributed by atoms with Crippen LogP contribution in [-0.2, 0) is 11.8 Å². The summed E-state index contributed by atoms with van der Waals surface area (Å²) in [5.74, 6) is -0.328. The molecule has 0 spiro atoms. The monoisotopic (exact) mass is 165 g/mol. The van der Waals surface area contributed by atoms with Crippen LogP contribution in [-0.4, -0.2) is 17.6 Å². The van der Waals surface area contributed by atoms with Gasteiger partial charge in [-0.05, 0) is 18.2 Å². The van der Waals surface area contributed by atoms with Gasteiger partial charge in [0, 0.05) is 12.7 Å². The quantitative estimate of drug-likeness (QED) is 0.621. The molecule has 64 valence electrons. The zero-order chi connectivity index (χ0) is 9.14. The van der Waals surface area contributed by atoms with E-state index in [-0.39, 0.29) is 5.97 Å². The number of hydrogen-bond acceptors (Lipinski definition) is 2. The van der Waals surface area contributed by atoms with Gasteiger partial charge in [0.15, 0.2) is 0 Å². The van der Waals surface area contributed by atoms with E-state index < -0.39 is 0 Å². The van der Waals surface area contributed by atoms with Crippen LogP contribution in [0.5, 0.6) is 0 Å². The molecule has 0 aliphatic rings. The Hall–Kier alpha value is -1.51. The lowest BCUT2D eigenvalue weighted by Gasteiger charge is -2.01. The van der Waals surface area contributed by atoms with Crippen LogP contribution in [0.1, 0.15) is 16.2 Å². The number of nitrogens with zero attached hydrogens (tertiary/aromatic N) is 1. The van der Waals surface area contributed by atoms with Crippen LogP contribution in [0.4, 0.5) is 0 Å². The highest BCUT2D eigenvalue weighted by Crippen LogP contribution is 2.08. The Morgan fingerprint density at radius 3 is 2.75 bits per heavy atom. The van der Waals surface area contributed by atoms with E-state index in [0.29, 0.717) is 5.69 Å². The minimum absolute atomic E-state index is 0.328. The molecule has 0 saturated carbocycles. The Morgan fingerprint density at radius 2 is 2.33 bits per heavy atom. The third-order valence-electron chi connectivity index (χ3n) is 1.76. The summed E-state index contributed by atoms with van der Waals surface area (Å²) in [5, 5.41) is 0. The Balaban J connectivity index is 3.10. The van der Waals surface area contributed by atoms with Gasteiger partial charge in [-0.2, -0.15) is 0 Å². The largest absolute Gasteiger partial charge is 0.464 e. The first-order chi connectivity index (χ1) is 5.70. The van der Waals surface area contributed by atoms with Gasteiger partial charge in [-0.15, -0.1) is 0 Å². The summed E-state index contributed by atoms with van der Waals surface area (Å²) < 4.78 is 6.32. The number of hydrogen-bond donors (Lipinski definition) is 0. The van der Waals surface area contributed by atoms with E-state index in [2.05, 4.69) is 11.3 Å². The maximum atomic E-state index is 11.1. The molecular formula is C9H11NO2. The summed E-state index contributed by atoms with van der Waals surface area (Å²) in [7, 11) is 3.16. The highest BCUT2D eigenvalue weighted by atomic mass is 16.5. The van der Waals surface area contributed by atoms with Gasteiger partial charge in [0.1, 0.15) is 5.69 Å². The molecule has 1 aromatic rings. The number of ether oxygens (including phenoxy) is 1. The van der Waals surface area contributed by atoms with E-state index in [0.717, 1.165) is 5.69 Å². The molecule has 0 aliphatic carbocycles. The smallest absolute Gasteiger partial charge is 0.354 e. The Labute approximate surface area is 71.3 Å². The van der Waals surface area contributed by atoms with Crippen molar-refractivity contribution >= 4 is 12.0 Å². The summed E-state index contributed by atoms with van der Waals surface area (Å²) >= 11 is 0. The van der Waals surface area contributed by atoms with Crippen molar-refractivity contribution in [1.29, 1.82) is 0 Å². The fraction of sp³-hybridized carbons (Fsp3) is 0.222. The molecule has 0 aromatic carbocycles. The van der Waals surface area contributed by atoms with Gasteiger partial charge >= 0.3 is 5.97 Å². The average molecular weight is 165 g/mol. The SMILES string of the molecule is C=Cc1ccc(C(=O)OC)n1C. The Bertz CT molecular complexity index is 312. The number of aromatic nitrogens is 1. The van der Waals surface area contributed by atoms with Crippen LogP contribution in [0.15, 0.2) is 18.7 Å². The van der Waals surface area contributed by atoms with Gasteiger partial charge in [-0.3, -0.25) is 0 Å². The second-order valence-electron chi connectivity index (χ2n) is 2.40. The van der Waals surface area contributed by atoms with Crippen molar-refractivity contribution in [2.24, 2.45) is 7.05 Å². The summed E-state index contributed by atoms with van der Waals surface area (Å²) in [6, 6.07) is 3.53. The van der Waals surface area contributed by atoms with E-state index in [4.69, 9.17) is 0 Å². The van der Waals surface area contributed by atoms with Crippen molar-refractivity contribution in [3.63, 3.8) is 0 Å². The van der Waals surface area contributed by atoms with Gasteiger partial charge in [-0.1, -0.05) is 6.58 Å². The first-order valence-electron chi connectivity index (χ1n) is 3.57. The molecule has 1 aromatic heterocycles. The van der Waals surface area contributed by atoms with Crippen molar-refractivity contribution in [2.45, 2.75) is 0 Å². The summed E-state index contributed by atoms with van der Waals surface area (Å²) in [6.07, 6.45) is 1.69. The van der Waals surface area contributed by atoms with Gasteiger partial charge in [0.25, 0.3) is 0 Å². The minimum atomic E-state index is -0.328. The third kappa shape index (κ3) is 1.25.